The summed E-state index contributed by atoms with van der Waals surface area (Å²) in [6.45, 7) is 2.55. The van der Waals surface area contributed by atoms with Gasteiger partial charge in [-0.2, -0.15) is 0 Å². The van der Waals surface area contributed by atoms with E-state index in [1.807, 2.05) is 49.4 Å². The monoisotopic (exact) mass is 319 g/mol. The number of benzene rings is 3. The Balaban J connectivity index is 1.64. The molecule has 0 aliphatic rings. The number of carbonyl (C=O) groups excluding carboxylic acids is 1. The molecule has 0 bridgehead atoms. The molecule has 3 heteroatoms. The van der Waals surface area contributed by atoms with Gasteiger partial charge in [0.05, 0.1) is 6.61 Å². The maximum absolute atomic E-state index is 12.2. The fourth-order valence-electron chi connectivity index (χ4n) is 2.81. The molecule has 0 atom stereocenters. The maximum Gasteiger partial charge on any atom is 0.224 e. The van der Waals surface area contributed by atoms with Crippen LogP contribution in [0.4, 0.5) is 5.69 Å². The SMILES string of the molecule is CCOc1cccc(NC(=O)CCc2cccc3ccccc23)c1. The van der Waals surface area contributed by atoms with Crippen molar-refractivity contribution < 1.29 is 9.53 Å². The third kappa shape index (κ3) is 3.93. The van der Waals surface area contributed by atoms with Gasteiger partial charge in [-0.3, -0.25) is 4.79 Å². The van der Waals surface area contributed by atoms with E-state index in [2.05, 4.69) is 29.6 Å². The van der Waals surface area contributed by atoms with Gasteiger partial charge in [-0.1, -0.05) is 48.5 Å². The van der Waals surface area contributed by atoms with E-state index in [1.165, 1.54) is 16.3 Å². The average molecular weight is 319 g/mol. The van der Waals surface area contributed by atoms with Crippen molar-refractivity contribution in [3.63, 3.8) is 0 Å². The molecule has 3 aromatic carbocycles. The first-order valence-corrected chi connectivity index (χ1v) is 8.25. The van der Waals surface area contributed by atoms with Gasteiger partial charge in [0.1, 0.15) is 5.75 Å². The lowest BCUT2D eigenvalue weighted by molar-refractivity contribution is -0.116. The fraction of sp³-hybridized carbons (Fsp3) is 0.190. The molecule has 0 aliphatic heterocycles. The molecule has 0 fully saturated rings. The molecular weight excluding hydrogens is 298 g/mol. The number of rotatable bonds is 6. The Labute approximate surface area is 142 Å². The molecule has 0 aliphatic carbocycles. The first kappa shape index (κ1) is 16.1. The zero-order valence-corrected chi connectivity index (χ0v) is 13.8. The van der Waals surface area contributed by atoms with Crippen molar-refractivity contribution in [1.82, 2.24) is 0 Å². The normalized spacial score (nSPS) is 10.5. The molecular formula is C21H21NO2. The minimum absolute atomic E-state index is 0.0107. The summed E-state index contributed by atoms with van der Waals surface area (Å²) in [6.07, 6.45) is 1.17. The molecule has 0 radical (unpaired) electrons. The van der Waals surface area contributed by atoms with Crippen molar-refractivity contribution >= 4 is 22.4 Å². The van der Waals surface area contributed by atoms with E-state index in [9.17, 15) is 4.79 Å². The van der Waals surface area contributed by atoms with Gasteiger partial charge in [-0.05, 0) is 41.8 Å². The van der Waals surface area contributed by atoms with Crippen LogP contribution in [0.15, 0.2) is 66.7 Å². The number of fused-ring (bicyclic) bond motifs is 1. The van der Waals surface area contributed by atoms with Crippen LogP contribution in [0.25, 0.3) is 10.8 Å². The summed E-state index contributed by atoms with van der Waals surface area (Å²) in [4.78, 5) is 12.2. The summed E-state index contributed by atoms with van der Waals surface area (Å²) >= 11 is 0. The van der Waals surface area contributed by atoms with Gasteiger partial charge in [-0.25, -0.2) is 0 Å². The van der Waals surface area contributed by atoms with Gasteiger partial charge in [0.2, 0.25) is 5.91 Å². The van der Waals surface area contributed by atoms with Crippen molar-refractivity contribution in [2.24, 2.45) is 0 Å². The lowest BCUT2D eigenvalue weighted by Gasteiger charge is -2.09. The topological polar surface area (TPSA) is 38.3 Å². The highest BCUT2D eigenvalue weighted by molar-refractivity contribution is 5.92. The minimum atomic E-state index is 0.0107. The van der Waals surface area contributed by atoms with Crippen molar-refractivity contribution in [3.05, 3.63) is 72.3 Å². The van der Waals surface area contributed by atoms with E-state index in [0.29, 0.717) is 13.0 Å². The van der Waals surface area contributed by atoms with Crippen LogP contribution < -0.4 is 10.1 Å². The number of nitrogens with one attached hydrogen (secondary N) is 1. The van der Waals surface area contributed by atoms with E-state index in [0.717, 1.165) is 17.9 Å². The van der Waals surface area contributed by atoms with Crippen LogP contribution in [0, 0.1) is 0 Å². The molecule has 3 rings (SSSR count). The van der Waals surface area contributed by atoms with Gasteiger partial charge < -0.3 is 10.1 Å². The average Bonchev–Trinajstić information content (AvgIpc) is 2.60. The van der Waals surface area contributed by atoms with Crippen molar-refractivity contribution in [2.75, 3.05) is 11.9 Å². The molecule has 0 heterocycles. The molecule has 1 amide bonds. The summed E-state index contributed by atoms with van der Waals surface area (Å²) in [5.74, 6) is 0.779. The second-order valence-electron chi connectivity index (χ2n) is 5.65. The Morgan fingerprint density at radius 1 is 1.00 bits per heavy atom. The van der Waals surface area contributed by atoms with Gasteiger partial charge in [0, 0.05) is 18.2 Å². The van der Waals surface area contributed by atoms with Crippen LogP contribution in [-0.4, -0.2) is 12.5 Å². The number of anilines is 1. The number of hydrogen-bond donors (Lipinski definition) is 1. The Bertz CT molecular complexity index is 837. The zero-order chi connectivity index (χ0) is 16.8. The van der Waals surface area contributed by atoms with E-state index >= 15 is 0 Å². The smallest absolute Gasteiger partial charge is 0.224 e. The van der Waals surface area contributed by atoms with Crippen LogP contribution in [0.5, 0.6) is 5.75 Å². The first-order valence-electron chi connectivity index (χ1n) is 8.25. The van der Waals surface area contributed by atoms with Crippen molar-refractivity contribution in [2.45, 2.75) is 19.8 Å². The molecule has 0 aromatic heterocycles. The minimum Gasteiger partial charge on any atom is -0.494 e. The van der Waals surface area contributed by atoms with Crippen molar-refractivity contribution in [1.29, 1.82) is 0 Å². The third-order valence-electron chi connectivity index (χ3n) is 3.93. The van der Waals surface area contributed by atoms with Gasteiger partial charge in [0.15, 0.2) is 0 Å². The maximum atomic E-state index is 12.2. The van der Waals surface area contributed by atoms with Gasteiger partial charge in [0.25, 0.3) is 0 Å². The Morgan fingerprint density at radius 2 is 1.79 bits per heavy atom. The molecule has 122 valence electrons. The summed E-state index contributed by atoms with van der Waals surface area (Å²) in [7, 11) is 0. The molecule has 0 unspecified atom stereocenters. The Morgan fingerprint density at radius 3 is 2.67 bits per heavy atom. The lowest BCUT2D eigenvalue weighted by atomic mass is 10.0. The van der Waals surface area contributed by atoms with E-state index in [-0.39, 0.29) is 5.91 Å². The standard InChI is InChI=1S/C21H21NO2/c1-2-24-19-11-6-10-18(15-19)22-21(23)14-13-17-9-5-8-16-7-3-4-12-20(16)17/h3-12,15H,2,13-14H2,1H3,(H,22,23). The Hall–Kier alpha value is -2.81. The third-order valence-corrected chi connectivity index (χ3v) is 3.93. The van der Waals surface area contributed by atoms with E-state index in [4.69, 9.17) is 4.74 Å². The van der Waals surface area contributed by atoms with Crippen LogP contribution in [-0.2, 0) is 11.2 Å². The quantitative estimate of drug-likeness (QED) is 0.708. The second-order valence-corrected chi connectivity index (χ2v) is 5.65. The van der Waals surface area contributed by atoms with Crippen LogP contribution in [0.3, 0.4) is 0 Å². The fourth-order valence-corrected chi connectivity index (χ4v) is 2.81. The zero-order valence-electron chi connectivity index (χ0n) is 13.8. The lowest BCUT2D eigenvalue weighted by Crippen LogP contribution is -2.12. The Kier molecular flexibility index (Phi) is 5.12. The highest BCUT2D eigenvalue weighted by Gasteiger charge is 2.06. The highest BCUT2D eigenvalue weighted by Crippen LogP contribution is 2.21. The summed E-state index contributed by atoms with van der Waals surface area (Å²) in [5, 5.41) is 5.36. The molecule has 0 saturated heterocycles. The van der Waals surface area contributed by atoms with E-state index < -0.39 is 0 Å². The predicted molar refractivity (Wildman–Crippen MR) is 98.5 cm³/mol. The first-order chi connectivity index (χ1) is 11.8. The largest absolute Gasteiger partial charge is 0.494 e. The molecule has 24 heavy (non-hydrogen) atoms. The molecule has 3 nitrogen and oxygen atoms in total. The van der Waals surface area contributed by atoms with Crippen LogP contribution in [0.1, 0.15) is 18.9 Å². The van der Waals surface area contributed by atoms with Gasteiger partial charge in [-0.15, -0.1) is 0 Å². The summed E-state index contributed by atoms with van der Waals surface area (Å²) < 4.78 is 5.45. The van der Waals surface area contributed by atoms with E-state index in [1.54, 1.807) is 0 Å². The summed E-state index contributed by atoms with van der Waals surface area (Å²) in [6, 6.07) is 22.0. The molecule has 0 spiro atoms. The highest BCUT2D eigenvalue weighted by atomic mass is 16.5. The van der Waals surface area contributed by atoms with Crippen LogP contribution in [0.2, 0.25) is 0 Å². The van der Waals surface area contributed by atoms with Crippen molar-refractivity contribution in [3.8, 4) is 5.75 Å². The molecule has 0 saturated carbocycles. The van der Waals surface area contributed by atoms with Crippen LogP contribution >= 0.6 is 0 Å². The number of hydrogen-bond acceptors (Lipinski definition) is 2. The molecule has 1 N–H and O–H groups in total. The predicted octanol–water partition coefficient (Wildman–Crippen LogP) is 4.81. The molecule has 3 aromatic rings. The number of carbonyl (C=O) groups is 1. The number of amides is 1. The van der Waals surface area contributed by atoms with Gasteiger partial charge >= 0.3 is 0 Å². The summed E-state index contributed by atoms with van der Waals surface area (Å²) in [5.41, 5.74) is 1.97. The number of aryl methyl sites for hydroxylation is 1. The second kappa shape index (κ2) is 7.64. The number of ether oxygens (including phenoxy) is 1.